The minimum atomic E-state index is 0.309. The van der Waals surface area contributed by atoms with Crippen LogP contribution >= 0.6 is 0 Å². The molecule has 0 rings (SSSR count). The number of Topliss-reactive ketones (excluding diaryl/α,β-unsaturated/α-hetero) is 1. The van der Waals surface area contributed by atoms with Gasteiger partial charge in [0.1, 0.15) is 5.78 Å². The maximum absolute atomic E-state index is 10.8. The molecule has 0 aliphatic heterocycles. The van der Waals surface area contributed by atoms with Crippen LogP contribution < -0.4 is 0 Å². The van der Waals surface area contributed by atoms with Crippen molar-refractivity contribution in [2.75, 3.05) is 26.7 Å². The van der Waals surface area contributed by atoms with E-state index in [1.54, 1.807) is 6.92 Å². The smallest absolute Gasteiger partial charge is 0.135 e. The lowest BCUT2D eigenvalue weighted by atomic mass is 10.2. The predicted molar refractivity (Wildman–Crippen MR) is 52.0 cm³/mol. The molecule has 0 spiro atoms. The molecule has 0 saturated carbocycles. The van der Waals surface area contributed by atoms with E-state index in [9.17, 15) is 4.79 Å². The van der Waals surface area contributed by atoms with Gasteiger partial charge >= 0.3 is 0 Å². The maximum atomic E-state index is 10.8. The Morgan fingerprint density at radius 2 is 1.83 bits per heavy atom. The van der Waals surface area contributed by atoms with Crippen LogP contribution in [0, 0.1) is 0 Å². The van der Waals surface area contributed by atoms with Crippen LogP contribution in [0.3, 0.4) is 0 Å². The SMILES string of the molecule is CCC[N+](C)(CC)CCC(C)=O. The largest absolute Gasteiger partial charge is 0.326 e. The average molecular weight is 172 g/mol. The van der Waals surface area contributed by atoms with E-state index >= 15 is 0 Å². The highest BCUT2D eigenvalue weighted by Gasteiger charge is 2.17. The molecule has 12 heavy (non-hydrogen) atoms. The van der Waals surface area contributed by atoms with Crippen molar-refractivity contribution < 1.29 is 9.28 Å². The summed E-state index contributed by atoms with van der Waals surface area (Å²) < 4.78 is 1.04. The van der Waals surface area contributed by atoms with E-state index < -0.39 is 0 Å². The van der Waals surface area contributed by atoms with Gasteiger partial charge in [0.2, 0.25) is 0 Å². The lowest BCUT2D eigenvalue weighted by Crippen LogP contribution is -2.45. The molecule has 0 aliphatic carbocycles. The highest BCUT2D eigenvalue weighted by atomic mass is 16.1. The molecule has 0 bridgehead atoms. The van der Waals surface area contributed by atoms with Gasteiger partial charge in [-0.25, -0.2) is 0 Å². The monoisotopic (exact) mass is 172 g/mol. The van der Waals surface area contributed by atoms with Crippen LogP contribution in [0.25, 0.3) is 0 Å². The summed E-state index contributed by atoms with van der Waals surface area (Å²) in [5.74, 6) is 0.309. The van der Waals surface area contributed by atoms with Crippen molar-refractivity contribution in [3.05, 3.63) is 0 Å². The fraction of sp³-hybridized carbons (Fsp3) is 0.900. The summed E-state index contributed by atoms with van der Waals surface area (Å²) in [6, 6.07) is 0. The Morgan fingerprint density at radius 1 is 1.25 bits per heavy atom. The first-order valence-electron chi connectivity index (χ1n) is 4.87. The van der Waals surface area contributed by atoms with Gasteiger partial charge in [-0.15, -0.1) is 0 Å². The van der Waals surface area contributed by atoms with E-state index in [0.29, 0.717) is 5.78 Å². The summed E-state index contributed by atoms with van der Waals surface area (Å²) in [6.07, 6.45) is 1.92. The first-order valence-corrected chi connectivity index (χ1v) is 4.87. The van der Waals surface area contributed by atoms with Gasteiger partial charge in [0, 0.05) is 0 Å². The molecule has 0 radical (unpaired) electrons. The molecule has 0 aromatic heterocycles. The first-order chi connectivity index (χ1) is 5.54. The summed E-state index contributed by atoms with van der Waals surface area (Å²) in [4.78, 5) is 10.8. The fourth-order valence-electron chi connectivity index (χ4n) is 1.40. The van der Waals surface area contributed by atoms with Crippen LogP contribution in [-0.4, -0.2) is 36.9 Å². The van der Waals surface area contributed by atoms with Crippen LogP contribution in [0.5, 0.6) is 0 Å². The highest BCUT2D eigenvalue weighted by molar-refractivity contribution is 5.75. The van der Waals surface area contributed by atoms with Crippen molar-refractivity contribution in [1.29, 1.82) is 0 Å². The number of nitrogens with zero attached hydrogens (tertiary/aromatic N) is 1. The summed E-state index contributed by atoms with van der Waals surface area (Å²) in [6.45, 7) is 9.37. The molecule has 72 valence electrons. The molecule has 0 fully saturated rings. The molecule has 0 heterocycles. The Morgan fingerprint density at radius 3 is 2.17 bits per heavy atom. The van der Waals surface area contributed by atoms with Crippen LogP contribution in [-0.2, 0) is 4.79 Å². The van der Waals surface area contributed by atoms with Crippen molar-refractivity contribution in [2.45, 2.75) is 33.6 Å². The molecular formula is C10H22NO+. The van der Waals surface area contributed by atoms with Crippen LogP contribution in [0.15, 0.2) is 0 Å². The number of hydrogen-bond acceptors (Lipinski definition) is 1. The number of rotatable bonds is 6. The fourth-order valence-corrected chi connectivity index (χ4v) is 1.40. The molecule has 0 aromatic rings. The quantitative estimate of drug-likeness (QED) is 0.559. The molecule has 1 atom stereocenters. The summed E-state index contributed by atoms with van der Waals surface area (Å²) >= 11 is 0. The topological polar surface area (TPSA) is 17.1 Å². The Labute approximate surface area is 76.2 Å². The standard InChI is InChI=1S/C10H22NO/c1-5-8-11(4,6-2)9-7-10(3)12/h5-9H2,1-4H3/q+1. The van der Waals surface area contributed by atoms with Gasteiger partial charge < -0.3 is 4.48 Å². The number of carbonyl (C=O) groups excluding carboxylic acids is 1. The zero-order chi connectivity index (χ0) is 9.61. The van der Waals surface area contributed by atoms with E-state index in [4.69, 9.17) is 0 Å². The maximum Gasteiger partial charge on any atom is 0.135 e. The van der Waals surface area contributed by atoms with Crippen LogP contribution in [0.2, 0.25) is 0 Å². The van der Waals surface area contributed by atoms with Gasteiger partial charge in [-0.05, 0) is 20.3 Å². The predicted octanol–water partition coefficient (Wildman–Crippen LogP) is 1.84. The van der Waals surface area contributed by atoms with Gasteiger partial charge in [0.15, 0.2) is 0 Å². The van der Waals surface area contributed by atoms with E-state index in [-0.39, 0.29) is 0 Å². The average Bonchev–Trinajstić information content (AvgIpc) is 2.02. The van der Waals surface area contributed by atoms with Crippen molar-refractivity contribution >= 4 is 5.78 Å². The van der Waals surface area contributed by atoms with Crippen LogP contribution in [0.4, 0.5) is 0 Å². The molecule has 0 saturated heterocycles. The highest BCUT2D eigenvalue weighted by Crippen LogP contribution is 2.05. The normalized spacial score (nSPS) is 15.7. The Hall–Kier alpha value is -0.370. The van der Waals surface area contributed by atoms with Gasteiger partial charge in [-0.2, -0.15) is 0 Å². The number of ketones is 1. The third kappa shape index (κ3) is 4.50. The second-order valence-electron chi connectivity index (χ2n) is 3.83. The Kier molecular flexibility index (Phi) is 5.14. The number of quaternary nitrogens is 1. The molecule has 0 aromatic carbocycles. The van der Waals surface area contributed by atoms with Crippen molar-refractivity contribution in [2.24, 2.45) is 0 Å². The number of carbonyl (C=O) groups is 1. The van der Waals surface area contributed by atoms with Crippen molar-refractivity contribution in [3.63, 3.8) is 0 Å². The lowest BCUT2D eigenvalue weighted by molar-refractivity contribution is -0.907. The molecule has 0 amide bonds. The van der Waals surface area contributed by atoms with E-state index in [2.05, 4.69) is 20.9 Å². The molecule has 2 nitrogen and oxygen atoms in total. The first kappa shape index (κ1) is 11.6. The second kappa shape index (κ2) is 5.31. The molecule has 0 aliphatic rings. The van der Waals surface area contributed by atoms with Crippen LogP contribution in [0.1, 0.15) is 33.6 Å². The van der Waals surface area contributed by atoms with E-state index in [1.165, 1.54) is 13.0 Å². The Bertz CT molecular complexity index is 145. The van der Waals surface area contributed by atoms with Gasteiger partial charge in [0.25, 0.3) is 0 Å². The molecule has 0 N–H and O–H groups in total. The molecule has 2 heteroatoms. The van der Waals surface area contributed by atoms with Gasteiger partial charge in [0.05, 0.1) is 33.1 Å². The Balaban J connectivity index is 3.86. The summed E-state index contributed by atoms with van der Waals surface area (Å²) in [7, 11) is 2.23. The third-order valence-corrected chi connectivity index (χ3v) is 2.53. The zero-order valence-electron chi connectivity index (χ0n) is 8.89. The molecular weight excluding hydrogens is 150 g/mol. The number of hydrogen-bond donors (Lipinski definition) is 0. The van der Waals surface area contributed by atoms with Gasteiger partial charge in [-0.1, -0.05) is 6.92 Å². The van der Waals surface area contributed by atoms with Crippen molar-refractivity contribution in [3.8, 4) is 0 Å². The zero-order valence-corrected chi connectivity index (χ0v) is 8.89. The lowest BCUT2D eigenvalue weighted by Gasteiger charge is -2.32. The minimum Gasteiger partial charge on any atom is -0.326 e. The van der Waals surface area contributed by atoms with Gasteiger partial charge in [-0.3, -0.25) is 4.79 Å². The van der Waals surface area contributed by atoms with E-state index in [0.717, 1.165) is 24.0 Å². The summed E-state index contributed by atoms with van der Waals surface area (Å²) in [5.41, 5.74) is 0. The third-order valence-electron chi connectivity index (χ3n) is 2.53. The summed E-state index contributed by atoms with van der Waals surface area (Å²) in [5, 5.41) is 0. The molecule has 1 unspecified atom stereocenters. The minimum absolute atomic E-state index is 0.309. The van der Waals surface area contributed by atoms with Crippen molar-refractivity contribution in [1.82, 2.24) is 0 Å². The second-order valence-corrected chi connectivity index (χ2v) is 3.83. The van der Waals surface area contributed by atoms with E-state index in [1.807, 2.05) is 0 Å².